The Bertz CT molecular complexity index is 1040. The average molecular weight is 460 g/mol. The molecule has 34 heavy (non-hydrogen) atoms. The van der Waals surface area contributed by atoms with Gasteiger partial charge in [-0.15, -0.1) is 0 Å². The van der Waals surface area contributed by atoms with Crippen molar-refractivity contribution in [3.63, 3.8) is 0 Å². The summed E-state index contributed by atoms with van der Waals surface area (Å²) in [4.78, 5) is 28.8. The molecule has 0 bridgehead atoms. The van der Waals surface area contributed by atoms with Crippen molar-refractivity contribution in [2.45, 2.75) is 46.1 Å². The number of rotatable bonds is 13. The van der Waals surface area contributed by atoms with Gasteiger partial charge in [0.2, 0.25) is 5.78 Å². The second kappa shape index (κ2) is 13.0. The summed E-state index contributed by atoms with van der Waals surface area (Å²) in [6, 6.07) is 17.6. The van der Waals surface area contributed by atoms with E-state index < -0.39 is 0 Å². The van der Waals surface area contributed by atoms with Crippen molar-refractivity contribution in [1.29, 1.82) is 0 Å². The van der Waals surface area contributed by atoms with Gasteiger partial charge >= 0.3 is 0 Å². The second-order valence-corrected chi connectivity index (χ2v) is 9.08. The highest BCUT2D eigenvalue weighted by molar-refractivity contribution is 6.26. The quantitative estimate of drug-likeness (QED) is 0.329. The Morgan fingerprint density at radius 2 is 1.53 bits per heavy atom. The van der Waals surface area contributed by atoms with Crippen LogP contribution >= 0.6 is 0 Å². The molecule has 0 aliphatic heterocycles. The maximum absolute atomic E-state index is 13.2. The third kappa shape index (κ3) is 6.99. The third-order valence-corrected chi connectivity index (χ3v) is 6.06. The summed E-state index contributed by atoms with van der Waals surface area (Å²) in [6.07, 6.45) is 5.36. The fraction of sp³-hybridized carbons (Fsp3) is 0.379. The Hall–Kier alpha value is -3.02. The molecule has 180 valence electrons. The van der Waals surface area contributed by atoms with Crippen LogP contribution in [0.4, 0.5) is 0 Å². The Morgan fingerprint density at radius 3 is 2.21 bits per heavy atom. The fourth-order valence-electron chi connectivity index (χ4n) is 4.22. The van der Waals surface area contributed by atoms with Gasteiger partial charge in [-0.3, -0.25) is 14.5 Å². The lowest BCUT2D eigenvalue weighted by Crippen LogP contribution is -2.31. The zero-order valence-corrected chi connectivity index (χ0v) is 20.5. The van der Waals surface area contributed by atoms with Crippen molar-refractivity contribution in [2.24, 2.45) is 5.73 Å². The van der Waals surface area contributed by atoms with E-state index in [4.69, 9.17) is 5.73 Å². The number of hydrogen-bond acceptors (Lipinski definition) is 5. The average Bonchev–Trinajstić information content (AvgIpc) is 2.85. The van der Waals surface area contributed by atoms with E-state index in [0.29, 0.717) is 41.9 Å². The van der Waals surface area contributed by atoms with Crippen molar-refractivity contribution in [3.05, 3.63) is 94.2 Å². The van der Waals surface area contributed by atoms with E-state index in [1.54, 1.807) is 12.1 Å². The highest BCUT2D eigenvalue weighted by Gasteiger charge is 2.31. The van der Waals surface area contributed by atoms with Gasteiger partial charge in [-0.25, -0.2) is 0 Å². The van der Waals surface area contributed by atoms with E-state index in [-0.39, 0.29) is 11.6 Å². The van der Waals surface area contributed by atoms with Gasteiger partial charge in [-0.1, -0.05) is 66.2 Å². The van der Waals surface area contributed by atoms with Crippen LogP contribution in [0, 0.1) is 0 Å². The second-order valence-electron chi connectivity index (χ2n) is 9.08. The standard InChI is InChI=1S/C29H37N3O2/c1-22(2)15-16-26-27(29(34)25-14-7-6-13-24(25)28(26)33)31-18-8-9-19-32(20-10-17-30)21-23-11-4-3-5-12-23/h3-7,11-15,31H,8-10,16-21,30H2,1-2H3. The highest BCUT2D eigenvalue weighted by atomic mass is 16.1. The highest BCUT2D eigenvalue weighted by Crippen LogP contribution is 2.27. The topological polar surface area (TPSA) is 75.4 Å². The fourth-order valence-corrected chi connectivity index (χ4v) is 4.22. The summed E-state index contributed by atoms with van der Waals surface area (Å²) in [5, 5.41) is 3.32. The molecule has 0 spiro atoms. The predicted octanol–water partition coefficient (Wildman–Crippen LogP) is 4.90. The number of nitrogens with two attached hydrogens (primary N) is 1. The number of nitrogens with one attached hydrogen (secondary N) is 1. The number of ketones is 2. The zero-order valence-electron chi connectivity index (χ0n) is 20.5. The first-order valence-electron chi connectivity index (χ1n) is 12.3. The molecule has 0 saturated carbocycles. The molecule has 0 heterocycles. The Morgan fingerprint density at radius 1 is 0.882 bits per heavy atom. The molecular weight excluding hydrogens is 422 g/mol. The molecule has 2 aromatic carbocycles. The number of carbonyl (C=O) groups is 2. The van der Waals surface area contributed by atoms with Crippen LogP contribution in [0.2, 0.25) is 0 Å². The van der Waals surface area contributed by atoms with Crippen LogP contribution in [0.3, 0.4) is 0 Å². The Labute approximate surface area is 203 Å². The zero-order chi connectivity index (χ0) is 24.3. The summed E-state index contributed by atoms with van der Waals surface area (Å²) in [5.41, 5.74) is 10.2. The molecule has 0 atom stereocenters. The minimum absolute atomic E-state index is 0.0500. The molecular formula is C29H37N3O2. The number of unbranched alkanes of at least 4 members (excludes halogenated alkanes) is 1. The van der Waals surface area contributed by atoms with Gasteiger partial charge in [-0.2, -0.15) is 0 Å². The van der Waals surface area contributed by atoms with Gasteiger partial charge in [-0.05, 0) is 64.7 Å². The summed E-state index contributed by atoms with van der Waals surface area (Å²) in [5.74, 6) is -0.132. The molecule has 1 aliphatic rings. The monoisotopic (exact) mass is 459 g/mol. The largest absolute Gasteiger partial charge is 0.382 e. The van der Waals surface area contributed by atoms with Crippen molar-refractivity contribution in [1.82, 2.24) is 10.2 Å². The lowest BCUT2D eigenvalue weighted by atomic mass is 9.85. The molecule has 0 aromatic heterocycles. The number of hydrogen-bond donors (Lipinski definition) is 2. The first kappa shape index (κ1) is 25.6. The van der Waals surface area contributed by atoms with Crippen molar-refractivity contribution < 1.29 is 9.59 Å². The smallest absolute Gasteiger partial charge is 0.210 e. The van der Waals surface area contributed by atoms with Gasteiger partial charge in [0.15, 0.2) is 5.78 Å². The molecule has 0 radical (unpaired) electrons. The van der Waals surface area contributed by atoms with Crippen molar-refractivity contribution in [2.75, 3.05) is 26.2 Å². The molecule has 0 unspecified atom stereocenters. The van der Waals surface area contributed by atoms with Crippen molar-refractivity contribution >= 4 is 11.6 Å². The van der Waals surface area contributed by atoms with Gasteiger partial charge in [0.05, 0.1) is 5.70 Å². The SMILES string of the molecule is CC(C)=CCC1=C(NCCCCN(CCCN)Cc2ccccc2)C(=O)c2ccccc2C1=O. The predicted molar refractivity (Wildman–Crippen MR) is 139 cm³/mol. The van der Waals surface area contributed by atoms with Gasteiger partial charge < -0.3 is 11.1 Å². The van der Waals surface area contributed by atoms with E-state index in [9.17, 15) is 9.59 Å². The van der Waals surface area contributed by atoms with E-state index in [1.807, 2.05) is 38.1 Å². The third-order valence-electron chi connectivity index (χ3n) is 6.06. The number of allylic oxidation sites excluding steroid dienone is 4. The molecule has 5 heteroatoms. The Kier molecular flexibility index (Phi) is 9.80. The minimum atomic E-state index is -0.0824. The molecule has 0 fully saturated rings. The molecule has 0 saturated heterocycles. The van der Waals surface area contributed by atoms with E-state index in [1.165, 1.54) is 5.56 Å². The number of carbonyl (C=O) groups excluding carboxylic acids is 2. The van der Waals surface area contributed by atoms with Gasteiger partial charge in [0, 0.05) is 29.8 Å². The van der Waals surface area contributed by atoms with Crippen LogP contribution in [-0.4, -0.2) is 42.6 Å². The van der Waals surface area contributed by atoms with Crippen LogP contribution in [0.5, 0.6) is 0 Å². The number of fused-ring (bicyclic) bond motifs is 1. The van der Waals surface area contributed by atoms with E-state index in [0.717, 1.165) is 44.5 Å². The maximum Gasteiger partial charge on any atom is 0.210 e. The van der Waals surface area contributed by atoms with Crippen LogP contribution in [0.1, 0.15) is 65.8 Å². The molecule has 5 nitrogen and oxygen atoms in total. The lowest BCUT2D eigenvalue weighted by molar-refractivity contribution is 0.0967. The summed E-state index contributed by atoms with van der Waals surface area (Å²) in [6.45, 7) is 8.20. The Balaban J connectivity index is 1.61. The lowest BCUT2D eigenvalue weighted by Gasteiger charge is -2.23. The molecule has 1 aliphatic carbocycles. The van der Waals surface area contributed by atoms with Gasteiger partial charge in [0.1, 0.15) is 0 Å². The van der Waals surface area contributed by atoms with E-state index in [2.05, 4.69) is 34.5 Å². The molecule has 0 amide bonds. The first-order valence-corrected chi connectivity index (χ1v) is 12.3. The first-order chi connectivity index (χ1) is 16.5. The molecule has 2 aromatic rings. The summed E-state index contributed by atoms with van der Waals surface area (Å²) < 4.78 is 0. The van der Waals surface area contributed by atoms with Crippen LogP contribution < -0.4 is 11.1 Å². The van der Waals surface area contributed by atoms with Crippen molar-refractivity contribution in [3.8, 4) is 0 Å². The minimum Gasteiger partial charge on any atom is -0.382 e. The number of Topliss-reactive ketones (excluding diaryl/α,β-unsaturated/α-hetero) is 2. The van der Waals surface area contributed by atoms with E-state index >= 15 is 0 Å². The van der Waals surface area contributed by atoms with Crippen LogP contribution in [-0.2, 0) is 6.54 Å². The summed E-state index contributed by atoms with van der Waals surface area (Å²) in [7, 11) is 0. The summed E-state index contributed by atoms with van der Waals surface area (Å²) >= 11 is 0. The molecule has 3 rings (SSSR count). The maximum atomic E-state index is 13.2. The van der Waals surface area contributed by atoms with Gasteiger partial charge in [0.25, 0.3) is 0 Å². The normalized spacial score (nSPS) is 13.3. The number of nitrogens with zero attached hydrogens (tertiary/aromatic N) is 1. The van der Waals surface area contributed by atoms with Crippen LogP contribution in [0.25, 0.3) is 0 Å². The molecule has 3 N–H and O–H groups in total. The van der Waals surface area contributed by atoms with Crippen LogP contribution in [0.15, 0.2) is 77.5 Å². The number of benzene rings is 2.